The molecule has 1 aliphatic rings. The molecule has 1 aromatic heterocycles. The average Bonchev–Trinajstić information content (AvgIpc) is 3.31. The lowest BCUT2D eigenvalue weighted by atomic mass is 10.2. The van der Waals surface area contributed by atoms with Crippen LogP contribution in [0.25, 0.3) is 0 Å². The van der Waals surface area contributed by atoms with Crippen molar-refractivity contribution in [1.82, 2.24) is 15.6 Å². The van der Waals surface area contributed by atoms with E-state index in [0.29, 0.717) is 42.7 Å². The molecule has 0 bridgehead atoms. The maximum Gasteiger partial charge on any atom is 0.251 e. The number of nitrogens with zero attached hydrogens (tertiary/aromatic N) is 1. The van der Waals surface area contributed by atoms with Gasteiger partial charge in [0.15, 0.2) is 11.5 Å². The maximum atomic E-state index is 12.4. The summed E-state index contributed by atoms with van der Waals surface area (Å²) in [5.41, 5.74) is 1.29. The summed E-state index contributed by atoms with van der Waals surface area (Å²) >= 11 is 0. The molecular formula is C24H31N3O5. The van der Waals surface area contributed by atoms with Gasteiger partial charge in [0.2, 0.25) is 11.8 Å². The van der Waals surface area contributed by atoms with E-state index in [0.717, 1.165) is 18.4 Å². The smallest absolute Gasteiger partial charge is 0.251 e. The Hall–Kier alpha value is -3.29. The summed E-state index contributed by atoms with van der Waals surface area (Å²) in [6.07, 6.45) is 6.40. The summed E-state index contributed by atoms with van der Waals surface area (Å²) in [6.45, 7) is 4.89. The largest absolute Gasteiger partial charge is 0.490 e. The second-order valence-corrected chi connectivity index (χ2v) is 7.51. The quantitative estimate of drug-likeness (QED) is 0.555. The van der Waals surface area contributed by atoms with Gasteiger partial charge in [0.05, 0.1) is 19.8 Å². The Morgan fingerprint density at radius 1 is 1.00 bits per heavy atom. The van der Waals surface area contributed by atoms with Gasteiger partial charge < -0.3 is 24.8 Å². The van der Waals surface area contributed by atoms with Crippen molar-refractivity contribution in [2.45, 2.75) is 52.2 Å². The van der Waals surface area contributed by atoms with E-state index < -0.39 is 0 Å². The molecular weight excluding hydrogens is 410 g/mol. The fourth-order valence-corrected chi connectivity index (χ4v) is 3.52. The van der Waals surface area contributed by atoms with Gasteiger partial charge in [-0.3, -0.25) is 9.59 Å². The predicted molar refractivity (Wildman–Crippen MR) is 120 cm³/mol. The second-order valence-electron chi connectivity index (χ2n) is 7.51. The Labute approximate surface area is 188 Å². The predicted octanol–water partition coefficient (Wildman–Crippen LogP) is 3.25. The highest BCUT2D eigenvalue weighted by Gasteiger charge is 2.17. The first kappa shape index (κ1) is 23.4. The van der Waals surface area contributed by atoms with Crippen LogP contribution in [0.3, 0.4) is 0 Å². The van der Waals surface area contributed by atoms with Gasteiger partial charge in [0.25, 0.3) is 5.91 Å². The molecule has 1 heterocycles. The number of ether oxygens (including phenoxy) is 3. The van der Waals surface area contributed by atoms with Crippen LogP contribution < -0.4 is 24.8 Å². The highest BCUT2D eigenvalue weighted by atomic mass is 16.5. The van der Waals surface area contributed by atoms with E-state index in [-0.39, 0.29) is 24.5 Å². The van der Waals surface area contributed by atoms with Gasteiger partial charge in [-0.25, -0.2) is 4.98 Å². The summed E-state index contributed by atoms with van der Waals surface area (Å²) in [7, 11) is 0. The number of carbonyl (C=O) groups excluding carboxylic acids is 2. The van der Waals surface area contributed by atoms with Crippen molar-refractivity contribution < 1.29 is 23.8 Å². The number of nitrogens with one attached hydrogen (secondary N) is 2. The SMILES string of the molecule is CCOc1ccc(C(=O)NCC(=O)NCc2ccnc(OC3CCCC3)c2)cc1OCC. The van der Waals surface area contributed by atoms with Gasteiger partial charge in [-0.15, -0.1) is 0 Å². The number of aromatic nitrogens is 1. The molecule has 1 saturated carbocycles. The molecule has 0 atom stereocenters. The topological polar surface area (TPSA) is 98.8 Å². The number of pyridine rings is 1. The molecule has 172 valence electrons. The van der Waals surface area contributed by atoms with Crippen molar-refractivity contribution in [2.75, 3.05) is 19.8 Å². The molecule has 0 spiro atoms. The third-order valence-electron chi connectivity index (χ3n) is 5.09. The van der Waals surface area contributed by atoms with E-state index in [9.17, 15) is 9.59 Å². The van der Waals surface area contributed by atoms with Crippen molar-refractivity contribution in [2.24, 2.45) is 0 Å². The zero-order chi connectivity index (χ0) is 22.8. The van der Waals surface area contributed by atoms with Gasteiger partial charge in [-0.1, -0.05) is 0 Å². The van der Waals surface area contributed by atoms with Crippen molar-refractivity contribution in [3.63, 3.8) is 0 Å². The first-order valence-corrected chi connectivity index (χ1v) is 11.1. The third kappa shape index (κ3) is 6.87. The van der Waals surface area contributed by atoms with Crippen molar-refractivity contribution in [3.8, 4) is 17.4 Å². The van der Waals surface area contributed by atoms with E-state index in [2.05, 4.69) is 15.6 Å². The van der Waals surface area contributed by atoms with Crippen LogP contribution in [0.1, 0.15) is 55.5 Å². The van der Waals surface area contributed by atoms with Gasteiger partial charge in [0.1, 0.15) is 6.10 Å². The minimum atomic E-state index is -0.361. The van der Waals surface area contributed by atoms with E-state index in [4.69, 9.17) is 14.2 Å². The first-order chi connectivity index (χ1) is 15.6. The number of benzene rings is 1. The summed E-state index contributed by atoms with van der Waals surface area (Å²) in [4.78, 5) is 28.9. The van der Waals surface area contributed by atoms with Gasteiger partial charge in [-0.2, -0.15) is 0 Å². The van der Waals surface area contributed by atoms with Gasteiger partial charge in [-0.05, 0) is 69.4 Å². The molecule has 2 amide bonds. The van der Waals surface area contributed by atoms with Crippen LogP contribution in [-0.2, 0) is 11.3 Å². The molecule has 3 rings (SSSR count). The first-order valence-electron chi connectivity index (χ1n) is 11.1. The Balaban J connectivity index is 1.47. The Bertz CT molecular complexity index is 912. The second kappa shape index (κ2) is 11.9. The molecule has 1 aliphatic carbocycles. The minimum absolute atomic E-state index is 0.132. The highest BCUT2D eigenvalue weighted by molar-refractivity contribution is 5.97. The summed E-state index contributed by atoms with van der Waals surface area (Å²) in [5.74, 6) is 1.01. The monoisotopic (exact) mass is 441 g/mol. The Kier molecular flexibility index (Phi) is 8.71. The standard InChI is InChI=1S/C24H31N3O5/c1-3-30-20-10-9-18(14-21(20)31-4-2)24(29)27-16-22(28)26-15-17-11-12-25-23(13-17)32-19-7-5-6-8-19/h9-14,19H,3-8,15-16H2,1-2H3,(H,26,28)(H,27,29). The minimum Gasteiger partial charge on any atom is -0.490 e. The lowest BCUT2D eigenvalue weighted by Crippen LogP contribution is -2.36. The average molecular weight is 442 g/mol. The lowest BCUT2D eigenvalue weighted by Gasteiger charge is -2.13. The third-order valence-corrected chi connectivity index (χ3v) is 5.09. The van der Waals surface area contributed by atoms with Crippen LogP contribution in [0, 0.1) is 0 Å². The van der Waals surface area contributed by atoms with Crippen LogP contribution in [0.4, 0.5) is 0 Å². The number of carbonyl (C=O) groups is 2. The zero-order valence-corrected chi connectivity index (χ0v) is 18.7. The molecule has 0 aliphatic heterocycles. The summed E-state index contributed by atoms with van der Waals surface area (Å²) in [6, 6.07) is 8.62. The van der Waals surface area contributed by atoms with Crippen LogP contribution in [0.2, 0.25) is 0 Å². The van der Waals surface area contributed by atoms with Crippen LogP contribution in [0.5, 0.6) is 17.4 Å². The molecule has 8 nitrogen and oxygen atoms in total. The number of amides is 2. The van der Waals surface area contributed by atoms with Gasteiger partial charge >= 0.3 is 0 Å². The van der Waals surface area contributed by atoms with Crippen LogP contribution in [-0.4, -0.2) is 42.7 Å². The molecule has 0 saturated heterocycles. The fourth-order valence-electron chi connectivity index (χ4n) is 3.52. The van der Waals surface area contributed by atoms with Gasteiger partial charge in [0, 0.05) is 24.4 Å². The summed E-state index contributed by atoms with van der Waals surface area (Å²) < 4.78 is 17.0. The molecule has 0 unspecified atom stereocenters. The summed E-state index contributed by atoms with van der Waals surface area (Å²) in [5, 5.41) is 5.43. The lowest BCUT2D eigenvalue weighted by molar-refractivity contribution is -0.120. The normalized spacial score (nSPS) is 13.4. The molecule has 2 aromatic rings. The van der Waals surface area contributed by atoms with Crippen molar-refractivity contribution in [1.29, 1.82) is 0 Å². The van der Waals surface area contributed by atoms with E-state index in [1.54, 1.807) is 24.4 Å². The van der Waals surface area contributed by atoms with Crippen molar-refractivity contribution >= 4 is 11.8 Å². The van der Waals surface area contributed by atoms with E-state index >= 15 is 0 Å². The number of rotatable bonds is 11. The molecule has 0 radical (unpaired) electrons. The molecule has 8 heteroatoms. The highest BCUT2D eigenvalue weighted by Crippen LogP contribution is 2.28. The Morgan fingerprint density at radius 3 is 2.50 bits per heavy atom. The Morgan fingerprint density at radius 2 is 1.75 bits per heavy atom. The molecule has 2 N–H and O–H groups in total. The maximum absolute atomic E-state index is 12.4. The van der Waals surface area contributed by atoms with Crippen LogP contribution >= 0.6 is 0 Å². The van der Waals surface area contributed by atoms with E-state index in [1.807, 2.05) is 26.0 Å². The zero-order valence-electron chi connectivity index (χ0n) is 18.7. The molecule has 1 fully saturated rings. The number of hydrogen-bond acceptors (Lipinski definition) is 6. The van der Waals surface area contributed by atoms with E-state index in [1.165, 1.54) is 12.8 Å². The molecule has 32 heavy (non-hydrogen) atoms. The van der Waals surface area contributed by atoms with Crippen molar-refractivity contribution in [3.05, 3.63) is 47.7 Å². The van der Waals surface area contributed by atoms with Crippen LogP contribution in [0.15, 0.2) is 36.5 Å². The fraction of sp³-hybridized carbons (Fsp3) is 0.458. The number of hydrogen-bond donors (Lipinski definition) is 2. The molecule has 1 aromatic carbocycles.